The zero-order valence-electron chi connectivity index (χ0n) is 9.78. The molecule has 4 N–H and O–H groups in total. The number of nitrogens with zero attached hydrogens (tertiary/aromatic N) is 2. The van der Waals surface area contributed by atoms with Gasteiger partial charge in [-0.05, 0) is 12.1 Å². The number of hydrogen-bond acceptors (Lipinski definition) is 6. The molecule has 0 aliphatic heterocycles. The highest BCUT2D eigenvalue weighted by Crippen LogP contribution is 2.15. The Hall–Kier alpha value is -2.68. The lowest BCUT2D eigenvalue weighted by molar-refractivity contribution is -0.384. The average Bonchev–Trinajstić information content (AvgIpc) is 2.37. The van der Waals surface area contributed by atoms with Crippen LogP contribution in [0.15, 0.2) is 24.3 Å². The van der Waals surface area contributed by atoms with E-state index in [1.807, 2.05) is 0 Å². The van der Waals surface area contributed by atoms with E-state index < -0.39 is 23.3 Å². The van der Waals surface area contributed by atoms with E-state index in [0.717, 1.165) is 5.01 Å². The van der Waals surface area contributed by atoms with Crippen LogP contribution in [0.5, 0.6) is 0 Å². The number of rotatable bonds is 6. The number of carbonyl (C=O) groups excluding carboxylic acids is 1. The van der Waals surface area contributed by atoms with Gasteiger partial charge in [-0.25, -0.2) is 5.01 Å². The molecule has 0 aliphatic carbocycles. The average molecular weight is 268 g/mol. The van der Waals surface area contributed by atoms with Crippen molar-refractivity contribution >= 4 is 23.3 Å². The number of nitrogens with two attached hydrogens (primary N) is 1. The van der Waals surface area contributed by atoms with Gasteiger partial charge in [0.2, 0.25) is 0 Å². The summed E-state index contributed by atoms with van der Waals surface area (Å²) in [5.74, 6) is -1.82. The van der Waals surface area contributed by atoms with Crippen LogP contribution in [-0.2, 0) is 9.59 Å². The van der Waals surface area contributed by atoms with Crippen LogP contribution >= 0.6 is 0 Å². The first-order chi connectivity index (χ1) is 8.93. The Morgan fingerprint density at radius 2 is 1.95 bits per heavy atom. The number of nitrogens with one attached hydrogen (secondary N) is 1. The molecule has 1 amide bonds. The summed E-state index contributed by atoms with van der Waals surface area (Å²) in [6.07, 6.45) is 0. The van der Waals surface area contributed by atoms with E-state index in [-0.39, 0.29) is 12.2 Å². The number of carboxylic acid groups (broad SMARTS) is 1. The lowest BCUT2D eigenvalue weighted by Gasteiger charge is -2.21. The topological polar surface area (TPSA) is 139 Å². The number of benzene rings is 1. The van der Waals surface area contributed by atoms with Crippen LogP contribution in [0, 0.1) is 10.1 Å². The van der Waals surface area contributed by atoms with Gasteiger partial charge >= 0.3 is 5.97 Å². The summed E-state index contributed by atoms with van der Waals surface area (Å²) in [6.45, 7) is -0.930. The van der Waals surface area contributed by atoms with Gasteiger partial charge in [0.15, 0.2) is 0 Å². The van der Waals surface area contributed by atoms with E-state index in [1.54, 1.807) is 0 Å². The van der Waals surface area contributed by atoms with E-state index >= 15 is 0 Å². The maximum absolute atomic E-state index is 11.4. The minimum absolute atomic E-state index is 0.111. The van der Waals surface area contributed by atoms with Gasteiger partial charge in [0.25, 0.3) is 11.6 Å². The SMILES string of the molecule is NCC(=O)N(CC(=O)O)Nc1ccc([N+](=O)[O-])cc1. The molecular weight excluding hydrogens is 256 g/mol. The monoisotopic (exact) mass is 268 g/mol. The number of amides is 1. The van der Waals surface area contributed by atoms with Crippen LogP contribution in [0.2, 0.25) is 0 Å². The molecule has 0 spiro atoms. The molecule has 0 saturated carbocycles. The second kappa shape index (κ2) is 6.31. The molecule has 19 heavy (non-hydrogen) atoms. The molecule has 0 heterocycles. The first-order valence-corrected chi connectivity index (χ1v) is 5.17. The fourth-order valence-corrected chi connectivity index (χ4v) is 1.25. The number of hydrazine groups is 1. The number of aliphatic carboxylic acids is 1. The molecule has 1 rings (SSSR count). The lowest BCUT2D eigenvalue weighted by atomic mass is 10.3. The van der Waals surface area contributed by atoms with Crippen molar-refractivity contribution in [2.24, 2.45) is 5.73 Å². The number of carboxylic acids is 1. The number of nitro benzene ring substituents is 1. The van der Waals surface area contributed by atoms with E-state index in [0.29, 0.717) is 5.69 Å². The fourth-order valence-electron chi connectivity index (χ4n) is 1.25. The fraction of sp³-hybridized carbons (Fsp3) is 0.200. The van der Waals surface area contributed by atoms with Gasteiger partial charge in [-0.15, -0.1) is 0 Å². The number of carbonyl (C=O) groups is 2. The standard InChI is InChI=1S/C10H12N4O5/c11-5-9(15)13(6-10(16)17)12-7-1-3-8(4-2-7)14(18)19/h1-4,12H,5-6,11H2,(H,16,17). The molecule has 1 aromatic carbocycles. The van der Waals surface area contributed by atoms with Gasteiger partial charge in [-0.2, -0.15) is 0 Å². The van der Waals surface area contributed by atoms with Crippen LogP contribution in [-0.4, -0.2) is 40.0 Å². The second-order valence-corrected chi connectivity index (χ2v) is 3.49. The minimum atomic E-state index is -1.21. The summed E-state index contributed by atoms with van der Waals surface area (Å²) >= 11 is 0. The van der Waals surface area contributed by atoms with Gasteiger partial charge < -0.3 is 10.8 Å². The van der Waals surface area contributed by atoms with Crippen LogP contribution in [0.1, 0.15) is 0 Å². The zero-order valence-corrected chi connectivity index (χ0v) is 9.78. The molecule has 9 heteroatoms. The van der Waals surface area contributed by atoms with Crippen molar-refractivity contribution in [3.05, 3.63) is 34.4 Å². The minimum Gasteiger partial charge on any atom is -0.480 e. The Bertz CT molecular complexity index is 487. The van der Waals surface area contributed by atoms with Crippen molar-refractivity contribution in [3.63, 3.8) is 0 Å². The highest BCUT2D eigenvalue weighted by Gasteiger charge is 2.15. The van der Waals surface area contributed by atoms with Crippen LogP contribution < -0.4 is 11.2 Å². The maximum atomic E-state index is 11.4. The third-order valence-electron chi connectivity index (χ3n) is 2.11. The maximum Gasteiger partial charge on any atom is 0.325 e. The first kappa shape index (κ1) is 14.4. The summed E-state index contributed by atoms with van der Waals surface area (Å²) in [5.41, 5.74) is 7.91. The number of hydrogen-bond donors (Lipinski definition) is 3. The predicted molar refractivity (Wildman–Crippen MR) is 65.1 cm³/mol. The zero-order chi connectivity index (χ0) is 14.4. The van der Waals surface area contributed by atoms with E-state index in [4.69, 9.17) is 10.8 Å². The van der Waals surface area contributed by atoms with Crippen molar-refractivity contribution in [2.75, 3.05) is 18.5 Å². The first-order valence-electron chi connectivity index (χ1n) is 5.17. The largest absolute Gasteiger partial charge is 0.480 e. The van der Waals surface area contributed by atoms with Gasteiger partial charge in [-0.3, -0.25) is 25.1 Å². The second-order valence-electron chi connectivity index (χ2n) is 3.49. The summed E-state index contributed by atoms with van der Waals surface area (Å²) in [7, 11) is 0. The Labute approximate surface area is 107 Å². The quantitative estimate of drug-likeness (QED) is 0.479. The smallest absolute Gasteiger partial charge is 0.325 e. The molecule has 0 aliphatic rings. The molecule has 0 aromatic heterocycles. The Morgan fingerprint density at radius 3 is 2.37 bits per heavy atom. The van der Waals surface area contributed by atoms with Crippen molar-refractivity contribution in [1.29, 1.82) is 0 Å². The predicted octanol–water partition coefficient (Wildman–Crippen LogP) is -0.206. The Morgan fingerprint density at radius 1 is 1.37 bits per heavy atom. The molecule has 9 nitrogen and oxygen atoms in total. The number of non-ortho nitro benzene ring substituents is 1. The molecule has 1 aromatic rings. The molecule has 0 atom stereocenters. The summed E-state index contributed by atoms with van der Waals surface area (Å²) in [4.78, 5) is 31.9. The van der Waals surface area contributed by atoms with Gasteiger partial charge in [0, 0.05) is 12.1 Å². The third-order valence-corrected chi connectivity index (χ3v) is 2.11. The van der Waals surface area contributed by atoms with Crippen molar-refractivity contribution in [1.82, 2.24) is 5.01 Å². The molecule has 0 saturated heterocycles. The van der Waals surface area contributed by atoms with E-state index in [9.17, 15) is 19.7 Å². The van der Waals surface area contributed by atoms with Crippen molar-refractivity contribution < 1.29 is 19.6 Å². The van der Waals surface area contributed by atoms with E-state index in [1.165, 1.54) is 24.3 Å². The third kappa shape index (κ3) is 4.24. The normalized spacial score (nSPS) is 9.74. The lowest BCUT2D eigenvalue weighted by Crippen LogP contribution is -2.43. The number of nitro groups is 1. The molecule has 0 fully saturated rings. The van der Waals surface area contributed by atoms with E-state index in [2.05, 4.69) is 5.43 Å². The van der Waals surface area contributed by atoms with Gasteiger partial charge in [0.1, 0.15) is 6.54 Å². The molecule has 102 valence electrons. The summed E-state index contributed by atoms with van der Waals surface area (Å²) in [5, 5.41) is 19.9. The highest BCUT2D eigenvalue weighted by molar-refractivity contribution is 5.83. The molecule has 0 bridgehead atoms. The Balaban J connectivity index is 2.81. The number of anilines is 1. The van der Waals surface area contributed by atoms with Crippen LogP contribution in [0.25, 0.3) is 0 Å². The van der Waals surface area contributed by atoms with Gasteiger partial charge in [0.05, 0.1) is 17.2 Å². The highest BCUT2D eigenvalue weighted by atomic mass is 16.6. The summed E-state index contributed by atoms with van der Waals surface area (Å²) in [6, 6.07) is 5.18. The molecular formula is C10H12N4O5. The molecule has 0 unspecified atom stereocenters. The van der Waals surface area contributed by atoms with Crippen molar-refractivity contribution in [2.45, 2.75) is 0 Å². The van der Waals surface area contributed by atoms with Gasteiger partial charge in [-0.1, -0.05) is 0 Å². The molecule has 0 radical (unpaired) electrons. The van der Waals surface area contributed by atoms with Crippen LogP contribution in [0.3, 0.4) is 0 Å². The Kier molecular flexibility index (Phi) is 4.77. The van der Waals surface area contributed by atoms with Crippen LogP contribution in [0.4, 0.5) is 11.4 Å². The van der Waals surface area contributed by atoms with Crippen molar-refractivity contribution in [3.8, 4) is 0 Å². The summed E-state index contributed by atoms with van der Waals surface area (Å²) < 4.78 is 0.